The number of fused-ring (bicyclic) bond motifs is 3. The molecule has 18 heavy (non-hydrogen) atoms. The maximum Gasteiger partial charge on any atom is 0.0736 e. The van der Waals surface area contributed by atoms with Gasteiger partial charge in [0.05, 0.1) is 12.0 Å². The molecule has 0 radical (unpaired) electrons. The standard InChI is InChI=1S/C16H18N2/c1-10(2)11-6-7-14-13(8-11)16-12(9-17)4-3-5-15(16)18-14/h6-8,10,12,18H,3-5H2,1-2H3. The van der Waals surface area contributed by atoms with E-state index in [0.717, 1.165) is 19.3 Å². The molecule has 1 atom stereocenters. The number of aromatic amines is 1. The van der Waals surface area contributed by atoms with Crippen molar-refractivity contribution >= 4 is 10.9 Å². The highest BCUT2D eigenvalue weighted by atomic mass is 14.7. The lowest BCUT2D eigenvalue weighted by molar-refractivity contribution is 0.633. The molecule has 1 N–H and O–H groups in total. The molecule has 0 amide bonds. The van der Waals surface area contributed by atoms with E-state index in [2.05, 4.69) is 43.1 Å². The number of hydrogen-bond acceptors (Lipinski definition) is 1. The van der Waals surface area contributed by atoms with Crippen molar-refractivity contribution in [3.63, 3.8) is 0 Å². The second kappa shape index (κ2) is 4.17. The van der Waals surface area contributed by atoms with Crippen molar-refractivity contribution in [2.24, 2.45) is 0 Å². The number of nitrogens with one attached hydrogen (secondary N) is 1. The summed E-state index contributed by atoms with van der Waals surface area (Å²) >= 11 is 0. The molecule has 1 aromatic heterocycles. The maximum atomic E-state index is 9.33. The van der Waals surface area contributed by atoms with E-state index in [1.165, 1.54) is 27.7 Å². The summed E-state index contributed by atoms with van der Waals surface area (Å²) in [5, 5.41) is 10.6. The van der Waals surface area contributed by atoms with Crippen molar-refractivity contribution in [1.29, 1.82) is 5.26 Å². The second-order valence-electron chi connectivity index (χ2n) is 5.55. The van der Waals surface area contributed by atoms with Crippen molar-refractivity contribution in [1.82, 2.24) is 4.98 Å². The maximum absolute atomic E-state index is 9.33. The minimum Gasteiger partial charge on any atom is -0.358 e. The highest BCUT2D eigenvalue weighted by Crippen LogP contribution is 2.37. The first kappa shape index (κ1) is 11.3. The van der Waals surface area contributed by atoms with Crippen molar-refractivity contribution < 1.29 is 0 Å². The quantitative estimate of drug-likeness (QED) is 0.793. The predicted octanol–water partition coefficient (Wildman–Crippen LogP) is 4.23. The molecule has 1 aliphatic rings. The van der Waals surface area contributed by atoms with Crippen LogP contribution in [0.1, 0.15) is 55.3 Å². The monoisotopic (exact) mass is 238 g/mol. The fraction of sp³-hybridized carbons (Fsp3) is 0.438. The summed E-state index contributed by atoms with van der Waals surface area (Å²) in [6.07, 6.45) is 3.21. The van der Waals surface area contributed by atoms with Crippen LogP contribution in [0, 0.1) is 11.3 Å². The van der Waals surface area contributed by atoms with Crippen LogP contribution in [0.3, 0.4) is 0 Å². The Morgan fingerprint density at radius 2 is 2.22 bits per heavy atom. The minimum atomic E-state index is 0.0740. The highest BCUT2D eigenvalue weighted by Gasteiger charge is 2.24. The van der Waals surface area contributed by atoms with Gasteiger partial charge in [0.2, 0.25) is 0 Å². The van der Waals surface area contributed by atoms with Crippen LogP contribution in [0.25, 0.3) is 10.9 Å². The van der Waals surface area contributed by atoms with Crippen molar-refractivity contribution in [3.05, 3.63) is 35.0 Å². The summed E-state index contributed by atoms with van der Waals surface area (Å²) in [5.74, 6) is 0.606. The summed E-state index contributed by atoms with van der Waals surface area (Å²) in [6, 6.07) is 9.09. The van der Waals surface area contributed by atoms with Crippen LogP contribution >= 0.6 is 0 Å². The van der Waals surface area contributed by atoms with Gasteiger partial charge in [-0.25, -0.2) is 0 Å². The molecular formula is C16H18N2. The lowest BCUT2D eigenvalue weighted by Crippen LogP contribution is -2.06. The molecule has 0 fully saturated rings. The second-order valence-corrected chi connectivity index (χ2v) is 5.55. The number of nitriles is 1. The van der Waals surface area contributed by atoms with Gasteiger partial charge in [0.15, 0.2) is 0 Å². The number of nitrogens with zero attached hydrogens (tertiary/aromatic N) is 1. The fourth-order valence-electron chi connectivity index (χ4n) is 3.00. The number of aryl methyl sites for hydroxylation is 1. The number of H-pyrrole nitrogens is 1. The molecular weight excluding hydrogens is 220 g/mol. The molecule has 92 valence electrons. The summed E-state index contributed by atoms with van der Waals surface area (Å²) in [7, 11) is 0. The third-order valence-corrected chi connectivity index (χ3v) is 4.04. The molecule has 0 saturated heterocycles. The van der Waals surface area contributed by atoms with Gasteiger partial charge in [-0.3, -0.25) is 0 Å². The first-order chi connectivity index (χ1) is 8.70. The van der Waals surface area contributed by atoms with Crippen molar-refractivity contribution in [3.8, 4) is 6.07 Å². The third kappa shape index (κ3) is 1.62. The zero-order chi connectivity index (χ0) is 12.7. The minimum absolute atomic E-state index is 0.0740. The van der Waals surface area contributed by atoms with Crippen LogP contribution < -0.4 is 0 Å². The molecule has 0 bridgehead atoms. The van der Waals surface area contributed by atoms with Gasteiger partial charge in [-0.05, 0) is 48.4 Å². The van der Waals surface area contributed by atoms with Crippen molar-refractivity contribution in [2.45, 2.75) is 44.9 Å². The van der Waals surface area contributed by atoms with Crippen LogP contribution in [0.2, 0.25) is 0 Å². The summed E-state index contributed by atoms with van der Waals surface area (Å²) < 4.78 is 0. The molecule has 0 saturated carbocycles. The molecule has 2 aromatic rings. The van der Waals surface area contributed by atoms with Gasteiger partial charge in [0.1, 0.15) is 0 Å². The number of hydrogen-bond donors (Lipinski definition) is 1. The average molecular weight is 238 g/mol. The van der Waals surface area contributed by atoms with E-state index in [-0.39, 0.29) is 5.92 Å². The lowest BCUT2D eigenvalue weighted by Gasteiger charge is -2.16. The predicted molar refractivity (Wildman–Crippen MR) is 73.7 cm³/mol. The van der Waals surface area contributed by atoms with Gasteiger partial charge in [0, 0.05) is 16.6 Å². The smallest absolute Gasteiger partial charge is 0.0736 e. The van der Waals surface area contributed by atoms with Crippen LogP contribution in [0.5, 0.6) is 0 Å². The molecule has 1 heterocycles. The zero-order valence-electron chi connectivity index (χ0n) is 11.0. The molecule has 1 unspecified atom stereocenters. The Kier molecular flexibility index (Phi) is 2.63. The summed E-state index contributed by atoms with van der Waals surface area (Å²) in [6.45, 7) is 4.42. The number of benzene rings is 1. The Hall–Kier alpha value is -1.75. The largest absolute Gasteiger partial charge is 0.358 e. The first-order valence-electron chi connectivity index (χ1n) is 6.74. The van der Waals surface area contributed by atoms with Gasteiger partial charge in [-0.2, -0.15) is 5.26 Å². The topological polar surface area (TPSA) is 39.6 Å². The van der Waals surface area contributed by atoms with E-state index >= 15 is 0 Å². The molecule has 3 rings (SSSR count). The molecule has 2 heteroatoms. The van der Waals surface area contributed by atoms with E-state index in [1.807, 2.05) is 0 Å². The van der Waals surface area contributed by atoms with Gasteiger partial charge in [-0.15, -0.1) is 0 Å². The normalized spacial score (nSPS) is 18.9. The van der Waals surface area contributed by atoms with E-state index in [4.69, 9.17) is 0 Å². The zero-order valence-corrected chi connectivity index (χ0v) is 11.0. The third-order valence-electron chi connectivity index (χ3n) is 4.04. The van der Waals surface area contributed by atoms with Gasteiger partial charge >= 0.3 is 0 Å². The summed E-state index contributed by atoms with van der Waals surface area (Å²) in [5.41, 5.74) is 5.09. The Morgan fingerprint density at radius 3 is 2.94 bits per heavy atom. The number of rotatable bonds is 1. The highest BCUT2D eigenvalue weighted by molar-refractivity contribution is 5.86. The Labute approximate surface area is 108 Å². The van der Waals surface area contributed by atoms with Gasteiger partial charge in [-0.1, -0.05) is 19.9 Å². The van der Waals surface area contributed by atoms with E-state index in [9.17, 15) is 5.26 Å². The van der Waals surface area contributed by atoms with E-state index in [1.54, 1.807) is 0 Å². The molecule has 1 aliphatic carbocycles. The van der Waals surface area contributed by atoms with Crippen LogP contribution in [0.15, 0.2) is 18.2 Å². The SMILES string of the molecule is CC(C)c1ccc2[nH]c3c(c2c1)C(C#N)CCC3. The Bertz CT molecular complexity index is 628. The molecule has 0 aliphatic heterocycles. The average Bonchev–Trinajstić information content (AvgIpc) is 2.75. The van der Waals surface area contributed by atoms with E-state index < -0.39 is 0 Å². The number of aromatic nitrogens is 1. The molecule has 1 aromatic carbocycles. The summed E-state index contributed by atoms with van der Waals surface area (Å²) in [4.78, 5) is 3.50. The fourth-order valence-corrected chi connectivity index (χ4v) is 3.00. The Morgan fingerprint density at radius 1 is 1.39 bits per heavy atom. The van der Waals surface area contributed by atoms with Gasteiger partial charge < -0.3 is 4.98 Å². The van der Waals surface area contributed by atoms with Gasteiger partial charge in [0.25, 0.3) is 0 Å². The Balaban J connectivity index is 2.25. The van der Waals surface area contributed by atoms with Crippen molar-refractivity contribution in [2.75, 3.05) is 0 Å². The van der Waals surface area contributed by atoms with Crippen LogP contribution in [-0.2, 0) is 6.42 Å². The van der Waals surface area contributed by atoms with Crippen LogP contribution in [0.4, 0.5) is 0 Å². The lowest BCUT2D eigenvalue weighted by atomic mass is 9.85. The van der Waals surface area contributed by atoms with E-state index in [0.29, 0.717) is 5.92 Å². The molecule has 2 nitrogen and oxygen atoms in total. The molecule has 0 spiro atoms. The van der Waals surface area contributed by atoms with Crippen LogP contribution in [-0.4, -0.2) is 4.98 Å². The first-order valence-corrected chi connectivity index (χ1v) is 6.74.